The SMILES string of the molecule is Cc1cc(CCNS(=O)(=O)N(C)C)c(C)n1C1CC1. The van der Waals surface area contributed by atoms with Gasteiger partial charge >= 0.3 is 0 Å². The maximum absolute atomic E-state index is 11.6. The first-order valence-corrected chi connectivity index (χ1v) is 8.11. The standard InChI is InChI=1S/C13H23N3O2S/c1-10-9-12(11(2)16(10)13-5-6-13)7-8-14-19(17,18)15(3)4/h9,13-14H,5-8H2,1-4H3. The molecule has 1 aliphatic rings. The Morgan fingerprint density at radius 2 is 2.00 bits per heavy atom. The van der Waals surface area contributed by atoms with Crippen molar-refractivity contribution < 1.29 is 8.42 Å². The molecule has 5 nitrogen and oxygen atoms in total. The molecule has 0 atom stereocenters. The molecular weight excluding hydrogens is 262 g/mol. The van der Waals surface area contributed by atoms with E-state index in [0.717, 1.165) is 6.42 Å². The van der Waals surface area contributed by atoms with Gasteiger partial charge < -0.3 is 4.57 Å². The number of hydrogen-bond donors (Lipinski definition) is 1. The van der Waals surface area contributed by atoms with Gasteiger partial charge in [0, 0.05) is 38.1 Å². The van der Waals surface area contributed by atoms with Gasteiger partial charge in [-0.2, -0.15) is 12.7 Å². The first-order valence-electron chi connectivity index (χ1n) is 6.67. The first kappa shape index (κ1) is 14.6. The van der Waals surface area contributed by atoms with Crippen molar-refractivity contribution in [2.24, 2.45) is 0 Å². The van der Waals surface area contributed by atoms with Crippen LogP contribution in [0.25, 0.3) is 0 Å². The van der Waals surface area contributed by atoms with Crippen molar-refractivity contribution >= 4 is 10.2 Å². The lowest BCUT2D eigenvalue weighted by Gasteiger charge is -2.12. The van der Waals surface area contributed by atoms with Crippen LogP contribution in [-0.4, -0.2) is 37.9 Å². The van der Waals surface area contributed by atoms with E-state index in [1.807, 2.05) is 0 Å². The van der Waals surface area contributed by atoms with Crippen molar-refractivity contribution in [3.05, 3.63) is 23.0 Å². The molecule has 1 N–H and O–H groups in total. The maximum Gasteiger partial charge on any atom is 0.278 e. The van der Waals surface area contributed by atoms with Crippen molar-refractivity contribution in [1.82, 2.24) is 13.6 Å². The second-order valence-electron chi connectivity index (χ2n) is 5.43. The molecule has 1 fully saturated rings. The minimum absolute atomic E-state index is 0.440. The van der Waals surface area contributed by atoms with Crippen LogP contribution in [0.3, 0.4) is 0 Å². The van der Waals surface area contributed by atoms with Gasteiger partial charge in [-0.3, -0.25) is 0 Å². The van der Waals surface area contributed by atoms with Gasteiger partial charge in [-0.05, 0) is 44.7 Å². The van der Waals surface area contributed by atoms with Crippen LogP contribution < -0.4 is 4.72 Å². The molecular formula is C13H23N3O2S. The molecule has 1 aliphatic carbocycles. The molecule has 0 aromatic carbocycles. The summed E-state index contributed by atoms with van der Waals surface area (Å²) in [7, 11) is -0.254. The summed E-state index contributed by atoms with van der Waals surface area (Å²) in [5, 5.41) is 0. The average molecular weight is 285 g/mol. The summed E-state index contributed by atoms with van der Waals surface area (Å²) < 4.78 is 29.4. The topological polar surface area (TPSA) is 54.3 Å². The lowest BCUT2D eigenvalue weighted by atomic mass is 10.2. The van der Waals surface area contributed by atoms with Gasteiger partial charge in [0.25, 0.3) is 10.2 Å². The number of hydrogen-bond acceptors (Lipinski definition) is 2. The minimum Gasteiger partial charge on any atom is -0.346 e. The van der Waals surface area contributed by atoms with Gasteiger partial charge in [0.1, 0.15) is 0 Å². The summed E-state index contributed by atoms with van der Waals surface area (Å²) in [5.74, 6) is 0. The van der Waals surface area contributed by atoms with Gasteiger partial charge in [0.15, 0.2) is 0 Å². The van der Waals surface area contributed by atoms with Crippen molar-refractivity contribution in [2.45, 2.75) is 39.2 Å². The van der Waals surface area contributed by atoms with Crippen molar-refractivity contribution in [1.29, 1.82) is 0 Å². The Morgan fingerprint density at radius 3 is 2.53 bits per heavy atom. The molecule has 0 saturated heterocycles. The Kier molecular flexibility index (Phi) is 4.03. The van der Waals surface area contributed by atoms with E-state index in [4.69, 9.17) is 0 Å². The summed E-state index contributed by atoms with van der Waals surface area (Å²) in [6, 6.07) is 2.85. The van der Waals surface area contributed by atoms with Gasteiger partial charge in [0.2, 0.25) is 0 Å². The highest BCUT2D eigenvalue weighted by molar-refractivity contribution is 7.87. The molecule has 0 bridgehead atoms. The number of aryl methyl sites for hydroxylation is 1. The van der Waals surface area contributed by atoms with E-state index in [-0.39, 0.29) is 0 Å². The highest BCUT2D eigenvalue weighted by atomic mass is 32.2. The maximum atomic E-state index is 11.6. The van der Waals surface area contributed by atoms with Crippen LogP contribution in [-0.2, 0) is 16.6 Å². The normalized spacial score (nSPS) is 16.3. The number of nitrogens with zero attached hydrogens (tertiary/aromatic N) is 2. The predicted octanol–water partition coefficient (Wildman–Crippen LogP) is 1.38. The largest absolute Gasteiger partial charge is 0.346 e. The Morgan fingerprint density at radius 1 is 1.37 bits per heavy atom. The van der Waals surface area contributed by atoms with E-state index in [2.05, 4.69) is 29.2 Å². The third kappa shape index (κ3) is 3.19. The number of rotatable bonds is 6. The van der Waals surface area contributed by atoms with Crippen LogP contribution in [0.4, 0.5) is 0 Å². The van der Waals surface area contributed by atoms with E-state index in [1.165, 1.54) is 48.2 Å². The Bertz CT molecular complexity index is 557. The summed E-state index contributed by atoms with van der Waals surface area (Å²) in [6.07, 6.45) is 3.27. The number of nitrogens with one attached hydrogen (secondary N) is 1. The summed E-state index contributed by atoms with van der Waals surface area (Å²) in [4.78, 5) is 0. The molecule has 0 radical (unpaired) electrons. The lowest BCUT2D eigenvalue weighted by molar-refractivity contribution is 0.506. The highest BCUT2D eigenvalue weighted by Gasteiger charge is 2.26. The molecule has 0 unspecified atom stereocenters. The molecule has 1 aromatic rings. The Labute approximate surface area is 115 Å². The molecule has 19 heavy (non-hydrogen) atoms. The van der Waals surface area contributed by atoms with E-state index in [9.17, 15) is 8.42 Å². The monoisotopic (exact) mass is 285 g/mol. The molecule has 6 heteroatoms. The second-order valence-corrected chi connectivity index (χ2v) is 7.40. The van der Waals surface area contributed by atoms with E-state index in [1.54, 1.807) is 0 Å². The minimum atomic E-state index is -3.31. The number of aromatic nitrogens is 1. The van der Waals surface area contributed by atoms with Crippen molar-refractivity contribution in [3.8, 4) is 0 Å². The fourth-order valence-electron chi connectivity index (χ4n) is 2.44. The Hall–Kier alpha value is -0.850. The molecule has 1 saturated carbocycles. The molecule has 0 aliphatic heterocycles. The van der Waals surface area contributed by atoms with Gasteiger partial charge in [-0.15, -0.1) is 0 Å². The van der Waals surface area contributed by atoms with Crippen LogP contribution in [0.5, 0.6) is 0 Å². The molecule has 2 rings (SSSR count). The lowest BCUT2D eigenvalue weighted by Crippen LogP contribution is -2.36. The van der Waals surface area contributed by atoms with Gasteiger partial charge in [-0.25, -0.2) is 4.72 Å². The predicted molar refractivity (Wildman–Crippen MR) is 76.5 cm³/mol. The van der Waals surface area contributed by atoms with Gasteiger partial charge in [0.05, 0.1) is 0 Å². The third-order valence-corrected chi connectivity index (χ3v) is 5.19. The van der Waals surface area contributed by atoms with Crippen LogP contribution in [0.2, 0.25) is 0 Å². The van der Waals surface area contributed by atoms with Crippen LogP contribution >= 0.6 is 0 Å². The smallest absolute Gasteiger partial charge is 0.278 e. The highest BCUT2D eigenvalue weighted by Crippen LogP contribution is 2.38. The molecule has 0 amide bonds. The van der Waals surface area contributed by atoms with Gasteiger partial charge in [-0.1, -0.05) is 0 Å². The Balaban J connectivity index is 1.99. The zero-order valence-electron chi connectivity index (χ0n) is 12.1. The fourth-order valence-corrected chi connectivity index (χ4v) is 3.06. The second kappa shape index (κ2) is 5.26. The summed E-state index contributed by atoms with van der Waals surface area (Å²) in [5.41, 5.74) is 3.81. The first-order chi connectivity index (χ1) is 8.83. The van der Waals surface area contributed by atoms with Crippen molar-refractivity contribution in [3.63, 3.8) is 0 Å². The van der Waals surface area contributed by atoms with Crippen LogP contribution in [0.1, 0.15) is 35.8 Å². The van der Waals surface area contributed by atoms with E-state index in [0.29, 0.717) is 12.6 Å². The summed E-state index contributed by atoms with van der Waals surface area (Å²) in [6.45, 7) is 4.69. The van der Waals surface area contributed by atoms with E-state index < -0.39 is 10.2 Å². The average Bonchev–Trinajstić information content (AvgIpc) is 3.07. The molecule has 0 spiro atoms. The summed E-state index contributed by atoms with van der Waals surface area (Å²) >= 11 is 0. The zero-order valence-corrected chi connectivity index (χ0v) is 12.9. The van der Waals surface area contributed by atoms with E-state index >= 15 is 0 Å². The van der Waals surface area contributed by atoms with Crippen molar-refractivity contribution in [2.75, 3.05) is 20.6 Å². The fraction of sp³-hybridized carbons (Fsp3) is 0.692. The quantitative estimate of drug-likeness (QED) is 0.858. The molecule has 1 aromatic heterocycles. The third-order valence-electron chi connectivity index (χ3n) is 3.66. The van der Waals surface area contributed by atoms with Crippen LogP contribution in [0.15, 0.2) is 6.07 Å². The molecule has 1 heterocycles. The zero-order chi connectivity index (χ0) is 14.2. The molecule has 108 valence electrons. The van der Waals surface area contributed by atoms with Crippen LogP contribution in [0, 0.1) is 13.8 Å².